The van der Waals surface area contributed by atoms with E-state index in [-0.39, 0.29) is 5.54 Å². The van der Waals surface area contributed by atoms with E-state index in [2.05, 4.69) is 36.2 Å². The van der Waals surface area contributed by atoms with Crippen LogP contribution in [0.1, 0.15) is 30.4 Å². The molecule has 1 aromatic rings. The third kappa shape index (κ3) is 2.62. The zero-order valence-corrected chi connectivity index (χ0v) is 12.5. The SMILES string of the molecule is CN(CC1CCCO1)C1(CN)CCc2ccccc2C1. The number of hydrogen-bond donors (Lipinski definition) is 1. The Labute approximate surface area is 122 Å². The molecule has 0 aromatic heterocycles. The number of benzene rings is 1. The second-order valence-electron chi connectivity index (χ2n) is 6.39. The van der Waals surface area contributed by atoms with E-state index in [1.54, 1.807) is 0 Å². The van der Waals surface area contributed by atoms with Crippen molar-refractivity contribution in [3.8, 4) is 0 Å². The van der Waals surface area contributed by atoms with Crippen molar-refractivity contribution in [2.75, 3.05) is 26.7 Å². The molecule has 2 N–H and O–H groups in total. The Bertz CT molecular complexity index is 456. The minimum atomic E-state index is 0.111. The maximum absolute atomic E-state index is 6.19. The predicted octanol–water partition coefficient (Wildman–Crippen LogP) is 1.98. The van der Waals surface area contributed by atoms with E-state index in [4.69, 9.17) is 10.5 Å². The number of ether oxygens (including phenoxy) is 1. The van der Waals surface area contributed by atoms with Crippen LogP contribution in [0.25, 0.3) is 0 Å². The van der Waals surface area contributed by atoms with Gasteiger partial charge in [-0.3, -0.25) is 4.90 Å². The van der Waals surface area contributed by atoms with Crippen molar-refractivity contribution < 1.29 is 4.74 Å². The van der Waals surface area contributed by atoms with E-state index in [1.807, 2.05) is 0 Å². The molecule has 0 spiro atoms. The summed E-state index contributed by atoms with van der Waals surface area (Å²) in [6.07, 6.45) is 6.18. The van der Waals surface area contributed by atoms with Crippen molar-refractivity contribution >= 4 is 0 Å². The number of nitrogens with two attached hydrogens (primary N) is 1. The molecule has 2 atom stereocenters. The van der Waals surface area contributed by atoms with Crippen LogP contribution in [0.5, 0.6) is 0 Å². The average Bonchev–Trinajstić information content (AvgIpc) is 2.99. The quantitative estimate of drug-likeness (QED) is 0.912. The molecule has 110 valence electrons. The lowest BCUT2D eigenvalue weighted by atomic mass is 9.77. The number of nitrogens with zero attached hydrogens (tertiary/aromatic N) is 1. The topological polar surface area (TPSA) is 38.5 Å². The monoisotopic (exact) mass is 274 g/mol. The standard InChI is InChI=1S/C17H26N2O/c1-19(12-16-7-4-10-20-16)17(13-18)9-8-14-5-2-3-6-15(14)11-17/h2-3,5-6,16H,4,7-13,18H2,1H3. The maximum atomic E-state index is 6.19. The first kappa shape index (κ1) is 14.1. The van der Waals surface area contributed by atoms with Crippen molar-refractivity contribution in [1.82, 2.24) is 4.90 Å². The molecule has 1 aliphatic heterocycles. The summed E-state index contributed by atoms with van der Waals surface area (Å²) in [4.78, 5) is 2.47. The van der Waals surface area contributed by atoms with E-state index in [9.17, 15) is 0 Å². The summed E-state index contributed by atoms with van der Waals surface area (Å²) < 4.78 is 5.79. The van der Waals surface area contributed by atoms with Crippen molar-refractivity contribution in [3.63, 3.8) is 0 Å². The van der Waals surface area contributed by atoms with E-state index >= 15 is 0 Å². The molecule has 1 fully saturated rings. The highest BCUT2D eigenvalue weighted by Gasteiger charge is 2.37. The highest BCUT2D eigenvalue weighted by atomic mass is 16.5. The molecule has 2 aliphatic rings. The second kappa shape index (κ2) is 5.84. The summed E-state index contributed by atoms with van der Waals surface area (Å²) in [5.74, 6) is 0. The molecule has 20 heavy (non-hydrogen) atoms. The fourth-order valence-electron chi connectivity index (χ4n) is 3.73. The van der Waals surface area contributed by atoms with Gasteiger partial charge in [0.2, 0.25) is 0 Å². The minimum absolute atomic E-state index is 0.111. The normalized spacial score (nSPS) is 29.6. The van der Waals surface area contributed by atoms with E-state index < -0.39 is 0 Å². The first-order valence-electron chi connectivity index (χ1n) is 7.83. The van der Waals surface area contributed by atoms with Gasteiger partial charge in [0.05, 0.1) is 6.10 Å². The summed E-state index contributed by atoms with van der Waals surface area (Å²) in [5, 5.41) is 0. The summed E-state index contributed by atoms with van der Waals surface area (Å²) in [6, 6.07) is 8.81. The van der Waals surface area contributed by atoms with Crippen LogP contribution in [0.15, 0.2) is 24.3 Å². The summed E-state index contributed by atoms with van der Waals surface area (Å²) >= 11 is 0. The highest BCUT2D eigenvalue weighted by molar-refractivity contribution is 5.32. The Morgan fingerprint density at radius 1 is 1.35 bits per heavy atom. The number of rotatable bonds is 4. The first-order chi connectivity index (χ1) is 9.73. The first-order valence-corrected chi connectivity index (χ1v) is 7.83. The van der Waals surface area contributed by atoms with Crippen LogP contribution in [-0.2, 0) is 17.6 Å². The second-order valence-corrected chi connectivity index (χ2v) is 6.39. The van der Waals surface area contributed by atoms with Crippen molar-refractivity contribution in [2.24, 2.45) is 5.73 Å². The fraction of sp³-hybridized carbons (Fsp3) is 0.647. The Morgan fingerprint density at radius 2 is 2.15 bits per heavy atom. The van der Waals surface area contributed by atoms with Crippen LogP contribution in [0.2, 0.25) is 0 Å². The van der Waals surface area contributed by atoms with Gasteiger partial charge in [-0.25, -0.2) is 0 Å². The molecule has 3 rings (SSSR count). The highest BCUT2D eigenvalue weighted by Crippen LogP contribution is 2.32. The third-order valence-electron chi connectivity index (χ3n) is 5.19. The summed E-state index contributed by atoms with van der Waals surface area (Å²) in [5.41, 5.74) is 9.28. The number of fused-ring (bicyclic) bond motifs is 1. The van der Waals surface area contributed by atoms with Gasteiger partial charge < -0.3 is 10.5 Å². The number of hydrogen-bond acceptors (Lipinski definition) is 3. The largest absolute Gasteiger partial charge is 0.377 e. The zero-order valence-electron chi connectivity index (χ0n) is 12.5. The molecule has 0 saturated carbocycles. The lowest BCUT2D eigenvalue weighted by molar-refractivity contribution is 0.0309. The van der Waals surface area contributed by atoms with Crippen LogP contribution in [0.3, 0.4) is 0 Å². The molecular weight excluding hydrogens is 248 g/mol. The molecule has 2 unspecified atom stereocenters. The molecule has 1 heterocycles. The fourth-order valence-corrected chi connectivity index (χ4v) is 3.73. The number of likely N-dealkylation sites (N-methyl/N-ethyl adjacent to an activating group) is 1. The molecule has 1 aromatic carbocycles. The van der Waals surface area contributed by atoms with Crippen molar-refractivity contribution in [1.29, 1.82) is 0 Å². The average molecular weight is 274 g/mol. The van der Waals surface area contributed by atoms with Crippen LogP contribution in [0.4, 0.5) is 0 Å². The van der Waals surface area contributed by atoms with E-state index in [0.717, 1.165) is 39.0 Å². The van der Waals surface area contributed by atoms with Crippen LogP contribution in [0, 0.1) is 0 Å². The lowest BCUT2D eigenvalue weighted by Gasteiger charge is -2.45. The summed E-state index contributed by atoms with van der Waals surface area (Å²) in [6.45, 7) is 2.67. The molecule has 1 aliphatic carbocycles. The van der Waals surface area contributed by atoms with Crippen LogP contribution >= 0.6 is 0 Å². The van der Waals surface area contributed by atoms with Gasteiger partial charge >= 0.3 is 0 Å². The van der Waals surface area contributed by atoms with Gasteiger partial charge in [0.15, 0.2) is 0 Å². The molecule has 0 bridgehead atoms. The van der Waals surface area contributed by atoms with Gasteiger partial charge in [0, 0.05) is 25.2 Å². The van der Waals surface area contributed by atoms with Gasteiger partial charge in [0.25, 0.3) is 0 Å². The lowest BCUT2D eigenvalue weighted by Crippen LogP contribution is -2.57. The molecule has 0 radical (unpaired) electrons. The van der Waals surface area contributed by atoms with Crippen molar-refractivity contribution in [3.05, 3.63) is 35.4 Å². The number of aryl methyl sites for hydroxylation is 1. The summed E-state index contributed by atoms with van der Waals surface area (Å²) in [7, 11) is 2.22. The van der Waals surface area contributed by atoms with Crippen LogP contribution in [-0.4, -0.2) is 43.3 Å². The van der Waals surface area contributed by atoms with Gasteiger partial charge in [-0.1, -0.05) is 24.3 Å². The van der Waals surface area contributed by atoms with E-state index in [1.165, 1.54) is 24.0 Å². The molecular formula is C17H26N2O. The molecule has 0 amide bonds. The third-order valence-corrected chi connectivity index (χ3v) is 5.19. The minimum Gasteiger partial charge on any atom is -0.377 e. The maximum Gasteiger partial charge on any atom is 0.0702 e. The molecule has 1 saturated heterocycles. The van der Waals surface area contributed by atoms with E-state index in [0.29, 0.717) is 6.10 Å². The van der Waals surface area contributed by atoms with Gasteiger partial charge in [0.1, 0.15) is 0 Å². The van der Waals surface area contributed by atoms with Gasteiger partial charge in [-0.15, -0.1) is 0 Å². The molecule has 3 nitrogen and oxygen atoms in total. The Balaban J connectivity index is 1.74. The Hall–Kier alpha value is -0.900. The zero-order chi connectivity index (χ0) is 14.0. The predicted molar refractivity (Wildman–Crippen MR) is 81.9 cm³/mol. The van der Waals surface area contributed by atoms with Gasteiger partial charge in [-0.2, -0.15) is 0 Å². The van der Waals surface area contributed by atoms with Crippen molar-refractivity contribution in [2.45, 2.75) is 43.7 Å². The van der Waals surface area contributed by atoms with Crippen LogP contribution < -0.4 is 5.73 Å². The Kier molecular flexibility index (Phi) is 4.11. The molecule has 3 heteroatoms. The smallest absolute Gasteiger partial charge is 0.0702 e. The Morgan fingerprint density at radius 3 is 2.85 bits per heavy atom. The van der Waals surface area contributed by atoms with Gasteiger partial charge in [-0.05, 0) is 50.3 Å².